The average Bonchev–Trinajstić information content (AvgIpc) is 2.60. The van der Waals surface area contributed by atoms with Gasteiger partial charge in [0, 0.05) is 25.6 Å². The number of hydrogen-bond donors (Lipinski definition) is 1. The van der Waals surface area contributed by atoms with E-state index in [1.165, 1.54) is 4.90 Å². The van der Waals surface area contributed by atoms with Crippen LogP contribution in [0.3, 0.4) is 0 Å². The van der Waals surface area contributed by atoms with E-state index in [1.807, 2.05) is 0 Å². The average molecular weight is 388 g/mol. The largest absolute Gasteiger partial charge is 0.493 e. The molecule has 11 heteroatoms. The van der Waals surface area contributed by atoms with Crippen LogP contribution in [0.4, 0.5) is 14.5 Å². The molecule has 148 valence electrons. The Morgan fingerprint density at radius 3 is 2.44 bits per heavy atom. The van der Waals surface area contributed by atoms with Crippen LogP contribution in [-0.2, 0) is 4.79 Å². The first-order chi connectivity index (χ1) is 12.7. The molecule has 0 aromatic heterocycles. The summed E-state index contributed by atoms with van der Waals surface area (Å²) in [5.41, 5.74) is -0.987. The normalized spacial score (nSPS) is 14.9. The van der Waals surface area contributed by atoms with Gasteiger partial charge in [0.1, 0.15) is 5.56 Å². The Morgan fingerprint density at radius 1 is 1.33 bits per heavy atom. The highest BCUT2D eigenvalue weighted by Gasteiger charge is 2.31. The number of carbonyl (C=O) groups excluding carboxylic acids is 1. The number of halogens is 2. The SMILES string of the molecule is COc1cc(C(=O)N2CCC(CC(=O)O)CC2)c([N+](=O)[O-])cc1OC(F)F. The van der Waals surface area contributed by atoms with Crippen LogP contribution in [0.15, 0.2) is 12.1 Å². The molecule has 1 aliphatic heterocycles. The van der Waals surface area contributed by atoms with Crippen LogP contribution in [0.25, 0.3) is 0 Å². The van der Waals surface area contributed by atoms with Gasteiger partial charge in [-0.3, -0.25) is 19.7 Å². The van der Waals surface area contributed by atoms with Gasteiger partial charge in [-0.25, -0.2) is 0 Å². The first-order valence-electron chi connectivity index (χ1n) is 8.05. The molecular formula is C16H18F2N2O7. The van der Waals surface area contributed by atoms with Gasteiger partial charge in [0.05, 0.1) is 18.1 Å². The summed E-state index contributed by atoms with van der Waals surface area (Å²) in [5, 5.41) is 20.1. The number of ether oxygens (including phenoxy) is 2. The number of carboxylic acids is 1. The zero-order chi connectivity index (χ0) is 20.1. The van der Waals surface area contributed by atoms with Crippen LogP contribution in [0.2, 0.25) is 0 Å². The minimum atomic E-state index is -3.21. The Hall–Kier alpha value is -2.98. The lowest BCUT2D eigenvalue weighted by Crippen LogP contribution is -2.39. The summed E-state index contributed by atoms with van der Waals surface area (Å²) in [6.45, 7) is -2.73. The van der Waals surface area contributed by atoms with E-state index in [0.717, 1.165) is 19.2 Å². The monoisotopic (exact) mass is 388 g/mol. The van der Waals surface area contributed by atoms with E-state index < -0.39 is 34.8 Å². The number of alkyl halides is 2. The lowest BCUT2D eigenvalue weighted by Gasteiger charge is -2.31. The molecule has 1 fully saturated rings. The van der Waals surface area contributed by atoms with Crippen molar-refractivity contribution in [2.75, 3.05) is 20.2 Å². The summed E-state index contributed by atoms with van der Waals surface area (Å²) < 4.78 is 34.1. The van der Waals surface area contributed by atoms with E-state index >= 15 is 0 Å². The van der Waals surface area contributed by atoms with E-state index in [1.54, 1.807) is 0 Å². The number of methoxy groups -OCH3 is 1. The van der Waals surface area contributed by atoms with Crippen LogP contribution in [0, 0.1) is 16.0 Å². The number of nitrogens with zero attached hydrogens (tertiary/aromatic N) is 2. The predicted molar refractivity (Wildman–Crippen MR) is 87.2 cm³/mol. The minimum Gasteiger partial charge on any atom is -0.493 e. The van der Waals surface area contributed by atoms with Gasteiger partial charge in [-0.05, 0) is 18.8 Å². The molecule has 0 radical (unpaired) electrons. The summed E-state index contributed by atoms with van der Waals surface area (Å²) in [6, 6.07) is 1.73. The molecule has 2 rings (SSSR count). The zero-order valence-corrected chi connectivity index (χ0v) is 14.4. The molecular weight excluding hydrogens is 370 g/mol. The van der Waals surface area contributed by atoms with Gasteiger partial charge < -0.3 is 19.5 Å². The molecule has 1 amide bonds. The smallest absolute Gasteiger partial charge is 0.387 e. The molecule has 0 unspecified atom stereocenters. The summed E-state index contributed by atoms with van der Waals surface area (Å²) in [7, 11) is 1.16. The van der Waals surface area contributed by atoms with Gasteiger partial charge in [-0.15, -0.1) is 0 Å². The number of nitro groups is 1. The zero-order valence-electron chi connectivity index (χ0n) is 14.4. The van der Waals surface area contributed by atoms with Gasteiger partial charge in [-0.2, -0.15) is 8.78 Å². The summed E-state index contributed by atoms with van der Waals surface area (Å²) in [4.78, 5) is 35.3. The molecule has 9 nitrogen and oxygen atoms in total. The van der Waals surface area contributed by atoms with E-state index in [-0.39, 0.29) is 36.7 Å². The third-order valence-corrected chi connectivity index (χ3v) is 4.29. The number of amides is 1. The number of benzene rings is 1. The van der Waals surface area contributed by atoms with Crippen molar-refractivity contribution >= 4 is 17.6 Å². The topological polar surface area (TPSA) is 119 Å². The van der Waals surface area contributed by atoms with E-state index in [0.29, 0.717) is 12.8 Å². The van der Waals surface area contributed by atoms with Crippen molar-refractivity contribution in [1.82, 2.24) is 4.90 Å². The molecule has 1 aliphatic rings. The summed E-state index contributed by atoms with van der Waals surface area (Å²) in [6.07, 6.45) is 0.904. The second-order valence-electron chi connectivity index (χ2n) is 5.99. The summed E-state index contributed by atoms with van der Waals surface area (Å²) in [5.74, 6) is -2.43. The first-order valence-corrected chi connectivity index (χ1v) is 8.05. The number of likely N-dealkylation sites (tertiary alicyclic amines) is 1. The Kier molecular flexibility index (Phi) is 6.48. The van der Waals surface area contributed by atoms with E-state index in [2.05, 4.69) is 4.74 Å². The molecule has 0 saturated carbocycles. The summed E-state index contributed by atoms with van der Waals surface area (Å²) >= 11 is 0. The number of carboxylic acid groups (broad SMARTS) is 1. The van der Waals surface area contributed by atoms with Gasteiger partial charge in [-0.1, -0.05) is 0 Å². The molecule has 1 aromatic rings. The van der Waals surface area contributed by atoms with Crippen LogP contribution in [0.1, 0.15) is 29.6 Å². The first kappa shape index (κ1) is 20.3. The molecule has 0 aliphatic carbocycles. The van der Waals surface area contributed by atoms with Crippen LogP contribution >= 0.6 is 0 Å². The molecule has 1 aromatic carbocycles. The van der Waals surface area contributed by atoms with Gasteiger partial charge in [0.15, 0.2) is 11.5 Å². The predicted octanol–water partition coefficient (Wildman–Crippen LogP) is 2.53. The maximum atomic E-state index is 12.7. The van der Waals surface area contributed by atoms with E-state index in [4.69, 9.17) is 9.84 Å². The molecule has 27 heavy (non-hydrogen) atoms. The second kappa shape index (κ2) is 8.60. The highest BCUT2D eigenvalue weighted by Crippen LogP contribution is 2.36. The lowest BCUT2D eigenvalue weighted by molar-refractivity contribution is -0.385. The fourth-order valence-corrected chi connectivity index (χ4v) is 2.98. The Balaban J connectivity index is 2.27. The maximum Gasteiger partial charge on any atom is 0.387 e. The van der Waals surface area contributed by atoms with E-state index in [9.17, 15) is 28.5 Å². The molecule has 0 bridgehead atoms. The van der Waals surface area contributed by atoms with Crippen LogP contribution < -0.4 is 9.47 Å². The fraction of sp³-hybridized carbons (Fsp3) is 0.500. The Bertz CT molecular complexity index is 734. The number of hydrogen-bond acceptors (Lipinski definition) is 6. The quantitative estimate of drug-likeness (QED) is 0.563. The number of carbonyl (C=O) groups is 2. The van der Waals surface area contributed by atoms with Crippen molar-refractivity contribution in [3.8, 4) is 11.5 Å². The highest BCUT2D eigenvalue weighted by molar-refractivity contribution is 5.99. The van der Waals surface area contributed by atoms with Gasteiger partial charge in [0.25, 0.3) is 11.6 Å². The number of aliphatic carboxylic acids is 1. The molecule has 0 spiro atoms. The van der Waals surface area contributed by atoms with Crippen LogP contribution in [-0.4, -0.2) is 53.6 Å². The molecule has 1 N–H and O–H groups in total. The van der Waals surface area contributed by atoms with Gasteiger partial charge >= 0.3 is 12.6 Å². The highest BCUT2D eigenvalue weighted by atomic mass is 19.3. The van der Waals surface area contributed by atoms with Gasteiger partial charge in [0.2, 0.25) is 0 Å². The van der Waals surface area contributed by atoms with Crippen molar-refractivity contribution in [2.24, 2.45) is 5.92 Å². The Labute approximate surface area is 152 Å². The lowest BCUT2D eigenvalue weighted by atomic mass is 9.93. The Morgan fingerprint density at radius 2 is 1.96 bits per heavy atom. The number of piperidine rings is 1. The minimum absolute atomic E-state index is 0.00430. The van der Waals surface area contributed by atoms with Crippen molar-refractivity contribution in [3.05, 3.63) is 27.8 Å². The number of nitro benzene ring substituents is 1. The maximum absolute atomic E-state index is 12.7. The number of rotatable bonds is 7. The van der Waals surface area contributed by atoms with Crippen molar-refractivity contribution in [2.45, 2.75) is 25.9 Å². The van der Waals surface area contributed by atoms with Crippen molar-refractivity contribution in [3.63, 3.8) is 0 Å². The fourth-order valence-electron chi connectivity index (χ4n) is 2.98. The second-order valence-corrected chi connectivity index (χ2v) is 5.99. The van der Waals surface area contributed by atoms with Crippen molar-refractivity contribution < 1.29 is 37.9 Å². The molecule has 1 saturated heterocycles. The standard InChI is InChI=1S/C16H18F2N2O7/c1-26-12-7-10(11(20(24)25)8-13(12)27-16(17)18)15(23)19-4-2-9(3-5-19)6-14(21)22/h7-9,16H,2-6H2,1H3,(H,21,22). The third-order valence-electron chi connectivity index (χ3n) is 4.29. The van der Waals surface area contributed by atoms with Crippen LogP contribution in [0.5, 0.6) is 11.5 Å². The molecule has 1 heterocycles. The molecule has 0 atom stereocenters. The van der Waals surface area contributed by atoms with Crippen molar-refractivity contribution in [1.29, 1.82) is 0 Å². The third kappa shape index (κ3) is 5.02.